The lowest BCUT2D eigenvalue weighted by Gasteiger charge is -1.98. The molecule has 1 aromatic carbocycles. The van der Waals surface area contributed by atoms with Crippen LogP contribution in [0.25, 0.3) is 22.4 Å². The van der Waals surface area contributed by atoms with Gasteiger partial charge in [0, 0.05) is 6.20 Å². The third kappa shape index (κ3) is 1.61. The molecule has 0 spiro atoms. The molecule has 0 saturated carbocycles. The number of rotatable bonds is 1. The number of pyridine rings is 1. The molecule has 0 fully saturated rings. The highest BCUT2D eigenvalue weighted by molar-refractivity contribution is 5.80. The smallest absolute Gasteiger partial charge is 0.144 e. The number of aromatic nitrogens is 3. The van der Waals surface area contributed by atoms with E-state index in [4.69, 9.17) is 0 Å². The Balaban J connectivity index is 2.22. The van der Waals surface area contributed by atoms with Crippen molar-refractivity contribution in [3.63, 3.8) is 0 Å². The van der Waals surface area contributed by atoms with Gasteiger partial charge in [0.2, 0.25) is 0 Å². The number of fused-ring (bicyclic) bond motifs is 1. The number of benzene rings is 1. The molecule has 2 aromatic heterocycles. The van der Waals surface area contributed by atoms with Gasteiger partial charge in [0.1, 0.15) is 17.4 Å². The molecule has 0 bridgehead atoms. The van der Waals surface area contributed by atoms with E-state index >= 15 is 0 Å². The van der Waals surface area contributed by atoms with Crippen molar-refractivity contribution in [3.8, 4) is 17.1 Å². The Morgan fingerprint density at radius 3 is 2.94 bits per heavy atom. The lowest BCUT2D eigenvalue weighted by molar-refractivity contribution is 0.474. The van der Waals surface area contributed by atoms with Gasteiger partial charge in [-0.25, -0.2) is 9.37 Å². The molecule has 2 heterocycles. The van der Waals surface area contributed by atoms with Crippen LogP contribution in [0.1, 0.15) is 0 Å². The topological polar surface area (TPSA) is 61.8 Å². The molecule has 0 amide bonds. The Kier molecular flexibility index (Phi) is 2.04. The summed E-state index contributed by atoms with van der Waals surface area (Å²) in [6.45, 7) is 0. The standard InChI is InChI=1S/C12H8FN3O/c13-7-1-2-9-10(5-7)16-12(15-9)8-3-4-14-6-11(8)17/h1-6,17H,(H,15,16). The number of H-pyrrole nitrogens is 1. The average molecular weight is 229 g/mol. The van der Waals surface area contributed by atoms with Crippen molar-refractivity contribution in [1.82, 2.24) is 15.0 Å². The second kappa shape index (κ2) is 3.55. The predicted octanol–water partition coefficient (Wildman–Crippen LogP) is 2.47. The Morgan fingerprint density at radius 1 is 1.24 bits per heavy atom. The summed E-state index contributed by atoms with van der Waals surface area (Å²) in [6.07, 6.45) is 2.89. The van der Waals surface area contributed by atoms with Crippen LogP contribution >= 0.6 is 0 Å². The maximum atomic E-state index is 13.0. The summed E-state index contributed by atoms with van der Waals surface area (Å²) < 4.78 is 13.0. The van der Waals surface area contributed by atoms with E-state index in [9.17, 15) is 9.50 Å². The van der Waals surface area contributed by atoms with Gasteiger partial charge >= 0.3 is 0 Å². The highest BCUT2D eigenvalue weighted by Crippen LogP contribution is 2.27. The molecule has 3 aromatic rings. The molecule has 84 valence electrons. The van der Waals surface area contributed by atoms with E-state index in [0.29, 0.717) is 22.4 Å². The Labute approximate surface area is 95.8 Å². The van der Waals surface area contributed by atoms with Gasteiger partial charge in [0.05, 0.1) is 22.8 Å². The fourth-order valence-electron chi connectivity index (χ4n) is 1.70. The van der Waals surface area contributed by atoms with Crippen LogP contribution in [0.15, 0.2) is 36.7 Å². The van der Waals surface area contributed by atoms with Crippen LogP contribution < -0.4 is 0 Å². The summed E-state index contributed by atoms with van der Waals surface area (Å²) in [7, 11) is 0. The number of imidazole rings is 1. The van der Waals surface area contributed by atoms with Crippen molar-refractivity contribution in [2.45, 2.75) is 0 Å². The number of aromatic hydroxyl groups is 1. The predicted molar refractivity (Wildman–Crippen MR) is 60.9 cm³/mol. The third-order valence-corrected chi connectivity index (χ3v) is 2.50. The molecule has 5 heteroatoms. The SMILES string of the molecule is Oc1cnccc1-c1nc2ccc(F)cc2[nH]1. The second-order valence-electron chi connectivity index (χ2n) is 3.64. The first-order valence-electron chi connectivity index (χ1n) is 5.02. The molecule has 0 aliphatic heterocycles. The molecule has 4 nitrogen and oxygen atoms in total. The van der Waals surface area contributed by atoms with E-state index in [2.05, 4.69) is 15.0 Å². The first kappa shape index (κ1) is 9.77. The number of nitrogens with one attached hydrogen (secondary N) is 1. The van der Waals surface area contributed by atoms with Crippen LogP contribution in [0, 0.1) is 5.82 Å². The molecule has 0 radical (unpaired) electrons. The fourth-order valence-corrected chi connectivity index (χ4v) is 1.70. The highest BCUT2D eigenvalue weighted by Gasteiger charge is 2.09. The Morgan fingerprint density at radius 2 is 2.12 bits per heavy atom. The van der Waals surface area contributed by atoms with Gasteiger partial charge in [-0.15, -0.1) is 0 Å². The average Bonchev–Trinajstić information content (AvgIpc) is 2.72. The van der Waals surface area contributed by atoms with Gasteiger partial charge in [0.15, 0.2) is 0 Å². The molecule has 0 atom stereocenters. The van der Waals surface area contributed by atoms with Gasteiger partial charge in [-0.3, -0.25) is 4.98 Å². The fraction of sp³-hybridized carbons (Fsp3) is 0. The second-order valence-corrected chi connectivity index (χ2v) is 3.64. The number of nitrogens with zero attached hydrogens (tertiary/aromatic N) is 2. The molecule has 2 N–H and O–H groups in total. The minimum absolute atomic E-state index is 0.0343. The summed E-state index contributed by atoms with van der Waals surface area (Å²) in [5.41, 5.74) is 1.78. The van der Waals surface area contributed by atoms with E-state index in [1.807, 2.05) is 0 Å². The zero-order valence-electron chi connectivity index (χ0n) is 8.68. The van der Waals surface area contributed by atoms with Crippen molar-refractivity contribution < 1.29 is 9.50 Å². The quantitative estimate of drug-likeness (QED) is 0.673. The highest BCUT2D eigenvalue weighted by atomic mass is 19.1. The summed E-state index contributed by atoms with van der Waals surface area (Å²) >= 11 is 0. The Hall–Kier alpha value is -2.43. The number of halogens is 1. The van der Waals surface area contributed by atoms with Crippen molar-refractivity contribution in [2.75, 3.05) is 0 Å². The van der Waals surface area contributed by atoms with E-state index in [1.165, 1.54) is 18.3 Å². The maximum absolute atomic E-state index is 13.0. The number of hydrogen-bond donors (Lipinski definition) is 2. The molecular weight excluding hydrogens is 221 g/mol. The summed E-state index contributed by atoms with van der Waals surface area (Å²) in [4.78, 5) is 11.0. The van der Waals surface area contributed by atoms with Crippen LogP contribution in [0.3, 0.4) is 0 Å². The monoisotopic (exact) mass is 229 g/mol. The summed E-state index contributed by atoms with van der Waals surface area (Å²) in [5, 5.41) is 9.65. The van der Waals surface area contributed by atoms with Crippen LogP contribution in [0.5, 0.6) is 5.75 Å². The minimum atomic E-state index is -0.327. The lowest BCUT2D eigenvalue weighted by atomic mass is 10.2. The third-order valence-electron chi connectivity index (χ3n) is 2.50. The normalized spacial score (nSPS) is 10.9. The van der Waals surface area contributed by atoms with Crippen molar-refractivity contribution in [3.05, 3.63) is 42.5 Å². The Bertz CT molecular complexity index is 693. The summed E-state index contributed by atoms with van der Waals surface area (Å²) in [5.74, 6) is 0.198. The first-order valence-corrected chi connectivity index (χ1v) is 5.02. The molecule has 0 aliphatic rings. The molecule has 0 aliphatic carbocycles. The van der Waals surface area contributed by atoms with E-state index in [1.54, 1.807) is 18.3 Å². The zero-order valence-corrected chi connectivity index (χ0v) is 8.68. The lowest BCUT2D eigenvalue weighted by Crippen LogP contribution is -1.82. The summed E-state index contributed by atoms with van der Waals surface area (Å²) in [6, 6.07) is 5.94. The van der Waals surface area contributed by atoms with Crippen molar-refractivity contribution >= 4 is 11.0 Å². The van der Waals surface area contributed by atoms with Crippen LogP contribution in [0.4, 0.5) is 4.39 Å². The zero-order chi connectivity index (χ0) is 11.8. The largest absolute Gasteiger partial charge is 0.506 e. The van der Waals surface area contributed by atoms with E-state index < -0.39 is 0 Å². The molecule has 3 rings (SSSR count). The first-order chi connectivity index (χ1) is 8.24. The minimum Gasteiger partial charge on any atom is -0.506 e. The molecule has 0 unspecified atom stereocenters. The van der Waals surface area contributed by atoms with Crippen LogP contribution in [0.2, 0.25) is 0 Å². The van der Waals surface area contributed by atoms with E-state index in [0.717, 1.165) is 0 Å². The maximum Gasteiger partial charge on any atom is 0.144 e. The van der Waals surface area contributed by atoms with Crippen LogP contribution in [-0.4, -0.2) is 20.1 Å². The van der Waals surface area contributed by atoms with Crippen LogP contribution in [-0.2, 0) is 0 Å². The van der Waals surface area contributed by atoms with E-state index in [-0.39, 0.29) is 11.6 Å². The number of hydrogen-bond acceptors (Lipinski definition) is 3. The van der Waals surface area contributed by atoms with Gasteiger partial charge < -0.3 is 10.1 Å². The van der Waals surface area contributed by atoms with Crippen molar-refractivity contribution in [1.29, 1.82) is 0 Å². The van der Waals surface area contributed by atoms with Gasteiger partial charge in [-0.2, -0.15) is 0 Å². The number of aromatic amines is 1. The molecular formula is C12H8FN3O. The van der Waals surface area contributed by atoms with Crippen molar-refractivity contribution in [2.24, 2.45) is 0 Å². The van der Waals surface area contributed by atoms with Gasteiger partial charge in [-0.1, -0.05) is 0 Å². The molecule has 17 heavy (non-hydrogen) atoms. The van der Waals surface area contributed by atoms with Gasteiger partial charge in [0.25, 0.3) is 0 Å². The molecule has 0 saturated heterocycles. The van der Waals surface area contributed by atoms with Gasteiger partial charge in [-0.05, 0) is 24.3 Å².